The number of halogens is 1. The number of benzene rings is 2. The first-order chi connectivity index (χ1) is 14.0. The van der Waals surface area contributed by atoms with Gasteiger partial charge in [0, 0.05) is 30.8 Å². The van der Waals surface area contributed by atoms with Crippen LogP contribution in [0.15, 0.2) is 69.9 Å². The van der Waals surface area contributed by atoms with Crippen molar-refractivity contribution in [3.8, 4) is 10.6 Å². The molecule has 0 bridgehead atoms. The van der Waals surface area contributed by atoms with E-state index in [4.69, 9.17) is 0 Å². The van der Waals surface area contributed by atoms with E-state index in [1.165, 1.54) is 6.26 Å². The standard InChI is InChI=1S/C21H24N4O2S2.HI/c1-22-21(23-13-12-16-8-10-19(11-9-16)29(2,26)27)24-14-18-15-28-20(25-18)17-6-4-3-5-7-17;/h3-11,15H,12-14H2,1-2H3,(H2,22,23,24);1H. The lowest BCUT2D eigenvalue weighted by atomic mass is 10.1. The highest BCUT2D eigenvalue weighted by Gasteiger charge is 2.07. The van der Waals surface area contributed by atoms with Crippen molar-refractivity contribution in [2.75, 3.05) is 19.8 Å². The van der Waals surface area contributed by atoms with Crippen LogP contribution in [0, 0.1) is 0 Å². The summed E-state index contributed by atoms with van der Waals surface area (Å²) in [4.78, 5) is 9.24. The Labute approximate surface area is 198 Å². The molecule has 0 spiro atoms. The molecule has 0 unspecified atom stereocenters. The highest BCUT2D eigenvalue weighted by molar-refractivity contribution is 14.0. The summed E-state index contributed by atoms with van der Waals surface area (Å²) in [5.41, 5.74) is 3.15. The van der Waals surface area contributed by atoms with E-state index in [1.807, 2.05) is 35.7 Å². The molecule has 0 aliphatic heterocycles. The van der Waals surface area contributed by atoms with Gasteiger partial charge < -0.3 is 10.6 Å². The van der Waals surface area contributed by atoms with E-state index < -0.39 is 9.84 Å². The van der Waals surface area contributed by atoms with Crippen LogP contribution < -0.4 is 10.6 Å². The highest BCUT2D eigenvalue weighted by Crippen LogP contribution is 2.23. The second-order valence-corrected chi connectivity index (χ2v) is 9.40. The Morgan fingerprint density at radius 3 is 2.40 bits per heavy atom. The summed E-state index contributed by atoms with van der Waals surface area (Å²) >= 11 is 1.63. The molecule has 160 valence electrons. The lowest BCUT2D eigenvalue weighted by molar-refractivity contribution is 0.602. The summed E-state index contributed by atoms with van der Waals surface area (Å²) in [5, 5.41) is 9.59. The van der Waals surface area contributed by atoms with Crippen molar-refractivity contribution in [1.29, 1.82) is 0 Å². The molecule has 9 heteroatoms. The van der Waals surface area contributed by atoms with Crippen LogP contribution >= 0.6 is 35.3 Å². The van der Waals surface area contributed by atoms with Crippen molar-refractivity contribution >= 4 is 51.1 Å². The molecule has 0 radical (unpaired) electrons. The monoisotopic (exact) mass is 556 g/mol. The van der Waals surface area contributed by atoms with Gasteiger partial charge in [-0.1, -0.05) is 42.5 Å². The molecule has 3 aromatic rings. The third kappa shape index (κ3) is 7.06. The number of rotatable bonds is 7. The largest absolute Gasteiger partial charge is 0.356 e. The van der Waals surface area contributed by atoms with Crippen LogP contribution in [-0.2, 0) is 22.8 Å². The molecule has 0 aliphatic carbocycles. The Hall–Kier alpha value is -1.98. The van der Waals surface area contributed by atoms with Crippen molar-refractivity contribution < 1.29 is 8.42 Å². The second kappa shape index (κ2) is 11.4. The number of hydrogen-bond acceptors (Lipinski definition) is 5. The Morgan fingerprint density at radius 1 is 1.07 bits per heavy atom. The summed E-state index contributed by atoms with van der Waals surface area (Å²) in [6.07, 6.45) is 1.98. The van der Waals surface area contributed by atoms with Gasteiger partial charge in [-0.25, -0.2) is 13.4 Å². The van der Waals surface area contributed by atoms with Gasteiger partial charge >= 0.3 is 0 Å². The summed E-state index contributed by atoms with van der Waals surface area (Å²) in [6, 6.07) is 17.1. The molecule has 2 aromatic carbocycles. The first-order valence-electron chi connectivity index (χ1n) is 9.19. The molecule has 2 N–H and O–H groups in total. The van der Waals surface area contributed by atoms with E-state index in [0.29, 0.717) is 23.9 Å². The van der Waals surface area contributed by atoms with E-state index in [-0.39, 0.29) is 24.0 Å². The first-order valence-corrected chi connectivity index (χ1v) is 12.0. The Morgan fingerprint density at radius 2 is 1.77 bits per heavy atom. The zero-order valence-corrected chi connectivity index (χ0v) is 20.8. The predicted octanol–water partition coefficient (Wildman–Crippen LogP) is 3.74. The van der Waals surface area contributed by atoms with Crippen molar-refractivity contribution in [1.82, 2.24) is 15.6 Å². The number of sulfone groups is 1. The van der Waals surface area contributed by atoms with Gasteiger partial charge in [-0.05, 0) is 24.1 Å². The normalized spacial score (nSPS) is 11.6. The van der Waals surface area contributed by atoms with Gasteiger partial charge in [0.25, 0.3) is 0 Å². The van der Waals surface area contributed by atoms with E-state index >= 15 is 0 Å². The Bertz CT molecular complexity index is 1070. The average molecular weight is 556 g/mol. The lowest BCUT2D eigenvalue weighted by Crippen LogP contribution is -2.37. The average Bonchev–Trinajstić information content (AvgIpc) is 3.20. The van der Waals surface area contributed by atoms with E-state index in [9.17, 15) is 8.42 Å². The summed E-state index contributed by atoms with van der Waals surface area (Å²) in [6.45, 7) is 1.27. The molecule has 0 saturated carbocycles. The third-order valence-corrected chi connectivity index (χ3v) is 6.36. The highest BCUT2D eigenvalue weighted by atomic mass is 127. The molecule has 1 aromatic heterocycles. The van der Waals surface area contributed by atoms with Gasteiger partial charge in [-0.15, -0.1) is 35.3 Å². The SMILES string of the molecule is CN=C(NCCc1ccc(S(C)(=O)=O)cc1)NCc1csc(-c2ccccc2)n1.I. The molecule has 1 heterocycles. The maximum atomic E-state index is 11.5. The minimum Gasteiger partial charge on any atom is -0.356 e. The van der Waals surface area contributed by atoms with Crippen LogP contribution in [0.1, 0.15) is 11.3 Å². The van der Waals surface area contributed by atoms with Gasteiger partial charge in [0.1, 0.15) is 5.01 Å². The number of aromatic nitrogens is 1. The molecular weight excluding hydrogens is 531 g/mol. The second-order valence-electron chi connectivity index (χ2n) is 6.53. The number of guanidine groups is 1. The number of hydrogen-bond donors (Lipinski definition) is 2. The Balaban J connectivity index is 0.00000320. The van der Waals surface area contributed by atoms with E-state index in [0.717, 1.165) is 28.2 Å². The van der Waals surface area contributed by atoms with Gasteiger partial charge in [-0.2, -0.15) is 0 Å². The number of nitrogens with one attached hydrogen (secondary N) is 2. The molecule has 6 nitrogen and oxygen atoms in total. The molecule has 3 rings (SSSR count). The topological polar surface area (TPSA) is 83.5 Å². The van der Waals surface area contributed by atoms with Crippen LogP contribution in [0.5, 0.6) is 0 Å². The van der Waals surface area contributed by atoms with Gasteiger partial charge in [0.2, 0.25) is 0 Å². The van der Waals surface area contributed by atoms with Crippen molar-refractivity contribution in [2.24, 2.45) is 4.99 Å². The number of aliphatic imine (C=N–C) groups is 1. The van der Waals surface area contributed by atoms with E-state index in [1.54, 1.807) is 30.5 Å². The van der Waals surface area contributed by atoms with Crippen molar-refractivity contribution in [2.45, 2.75) is 17.9 Å². The fourth-order valence-corrected chi connectivity index (χ4v) is 4.18. The van der Waals surface area contributed by atoms with E-state index in [2.05, 4.69) is 32.7 Å². The number of thiazole rings is 1. The summed E-state index contributed by atoms with van der Waals surface area (Å²) in [7, 11) is -1.43. The fraction of sp³-hybridized carbons (Fsp3) is 0.238. The Kier molecular flexibility index (Phi) is 9.25. The smallest absolute Gasteiger partial charge is 0.191 e. The molecular formula is C21H25IN4O2S2. The van der Waals surface area contributed by atoms with Gasteiger partial charge in [-0.3, -0.25) is 4.99 Å². The van der Waals surface area contributed by atoms with Crippen LogP contribution in [-0.4, -0.2) is 39.2 Å². The molecule has 0 saturated heterocycles. The van der Waals surface area contributed by atoms with Crippen molar-refractivity contribution in [3.63, 3.8) is 0 Å². The molecule has 0 atom stereocenters. The minimum absolute atomic E-state index is 0. The maximum absolute atomic E-state index is 11.5. The molecule has 0 amide bonds. The molecule has 30 heavy (non-hydrogen) atoms. The zero-order chi connectivity index (χ0) is 20.7. The third-order valence-electron chi connectivity index (χ3n) is 4.29. The summed E-state index contributed by atoms with van der Waals surface area (Å²) < 4.78 is 23.0. The lowest BCUT2D eigenvalue weighted by Gasteiger charge is -2.11. The zero-order valence-electron chi connectivity index (χ0n) is 16.8. The quantitative estimate of drug-likeness (QED) is 0.263. The molecule has 0 aliphatic rings. The van der Waals surface area contributed by atoms with Gasteiger partial charge in [0.15, 0.2) is 15.8 Å². The minimum atomic E-state index is -3.16. The van der Waals surface area contributed by atoms with Crippen LogP contribution in [0.4, 0.5) is 0 Å². The van der Waals surface area contributed by atoms with Crippen LogP contribution in [0.25, 0.3) is 10.6 Å². The predicted molar refractivity (Wildman–Crippen MR) is 134 cm³/mol. The summed E-state index contributed by atoms with van der Waals surface area (Å²) in [5.74, 6) is 0.701. The van der Waals surface area contributed by atoms with Crippen molar-refractivity contribution in [3.05, 3.63) is 71.2 Å². The van der Waals surface area contributed by atoms with Gasteiger partial charge in [0.05, 0.1) is 17.1 Å². The van der Waals surface area contributed by atoms with Crippen LogP contribution in [0.3, 0.4) is 0 Å². The molecule has 0 fully saturated rings. The van der Waals surface area contributed by atoms with Crippen LogP contribution in [0.2, 0.25) is 0 Å². The fourth-order valence-electron chi connectivity index (χ4n) is 2.72. The maximum Gasteiger partial charge on any atom is 0.191 e. The number of nitrogens with zero attached hydrogens (tertiary/aromatic N) is 2. The first kappa shape index (κ1) is 24.3.